The van der Waals surface area contributed by atoms with Crippen molar-refractivity contribution >= 4 is 17.8 Å². The van der Waals surface area contributed by atoms with Crippen LogP contribution in [0.5, 0.6) is 0 Å². The molecule has 2 amide bonds. The predicted octanol–water partition coefficient (Wildman–Crippen LogP) is 1.18. The smallest absolute Gasteiger partial charge is 0.338 e. The zero-order chi connectivity index (χ0) is 16.6. The lowest BCUT2D eigenvalue weighted by Crippen LogP contribution is -2.51. The molecule has 6 heteroatoms. The Morgan fingerprint density at radius 1 is 1.43 bits per heavy atom. The second-order valence-corrected chi connectivity index (χ2v) is 6.41. The Morgan fingerprint density at radius 2 is 2.22 bits per heavy atom. The fourth-order valence-electron chi connectivity index (χ4n) is 3.48. The minimum absolute atomic E-state index is 0.0915. The zero-order valence-electron chi connectivity index (χ0n) is 13.3. The molecular weight excluding hydrogens is 296 g/mol. The van der Waals surface area contributed by atoms with Gasteiger partial charge >= 0.3 is 5.97 Å². The number of methoxy groups -OCH3 is 1. The van der Waals surface area contributed by atoms with E-state index in [9.17, 15) is 14.4 Å². The second kappa shape index (κ2) is 5.68. The zero-order valence-corrected chi connectivity index (χ0v) is 13.3. The molecule has 1 aromatic rings. The number of rotatable bonds is 4. The van der Waals surface area contributed by atoms with Crippen LogP contribution in [-0.4, -0.2) is 37.0 Å². The highest BCUT2D eigenvalue weighted by Crippen LogP contribution is 2.40. The molecule has 2 fully saturated rings. The number of amides is 2. The van der Waals surface area contributed by atoms with Crippen LogP contribution in [-0.2, 0) is 9.53 Å². The van der Waals surface area contributed by atoms with Crippen molar-refractivity contribution in [3.63, 3.8) is 0 Å². The molecule has 1 saturated carbocycles. The largest absolute Gasteiger partial charge is 0.465 e. The number of carbonyl (C=O) groups excluding carboxylic acids is 3. The van der Waals surface area contributed by atoms with Gasteiger partial charge in [0, 0.05) is 18.0 Å². The van der Waals surface area contributed by atoms with Crippen LogP contribution in [0.25, 0.3) is 0 Å². The van der Waals surface area contributed by atoms with Gasteiger partial charge in [0.1, 0.15) is 0 Å². The van der Waals surface area contributed by atoms with E-state index in [4.69, 9.17) is 4.74 Å². The molecule has 1 aromatic carbocycles. The number of carbonyl (C=O) groups is 3. The van der Waals surface area contributed by atoms with Crippen molar-refractivity contribution in [2.45, 2.75) is 31.7 Å². The monoisotopic (exact) mass is 316 g/mol. The quantitative estimate of drug-likeness (QED) is 0.817. The van der Waals surface area contributed by atoms with Crippen LogP contribution in [0.4, 0.5) is 0 Å². The molecule has 3 rings (SSSR count). The molecule has 6 nitrogen and oxygen atoms in total. The van der Waals surface area contributed by atoms with Crippen molar-refractivity contribution in [2.24, 2.45) is 5.92 Å². The van der Waals surface area contributed by atoms with Gasteiger partial charge in [0.15, 0.2) is 0 Å². The number of nitrogens with one attached hydrogen (secondary N) is 2. The van der Waals surface area contributed by atoms with Crippen molar-refractivity contribution in [3.8, 4) is 0 Å². The summed E-state index contributed by atoms with van der Waals surface area (Å²) < 4.78 is 4.73. The number of hydrogen-bond donors (Lipinski definition) is 2. The van der Waals surface area contributed by atoms with E-state index in [2.05, 4.69) is 10.6 Å². The summed E-state index contributed by atoms with van der Waals surface area (Å²) in [5.41, 5.74) is 1.25. The first-order valence-electron chi connectivity index (χ1n) is 7.73. The van der Waals surface area contributed by atoms with Gasteiger partial charge in [0.2, 0.25) is 5.91 Å². The predicted molar refractivity (Wildman–Crippen MR) is 83.1 cm³/mol. The van der Waals surface area contributed by atoms with Crippen LogP contribution in [0.1, 0.15) is 45.5 Å². The van der Waals surface area contributed by atoms with Gasteiger partial charge in [-0.15, -0.1) is 0 Å². The van der Waals surface area contributed by atoms with E-state index in [1.807, 2.05) is 0 Å². The average molecular weight is 316 g/mol. The Hall–Kier alpha value is -2.37. The van der Waals surface area contributed by atoms with E-state index in [1.165, 1.54) is 7.11 Å². The summed E-state index contributed by atoms with van der Waals surface area (Å²) in [6.45, 7) is 2.20. The SMILES string of the molecule is COC(=O)c1cc(C(=O)NCC23CCC(C2)C(=O)N3)ccc1C. The Bertz CT molecular complexity index is 685. The number of benzene rings is 1. The lowest BCUT2D eigenvalue weighted by atomic mass is 9.98. The molecule has 2 bridgehead atoms. The minimum Gasteiger partial charge on any atom is -0.465 e. The number of fused-ring (bicyclic) bond motifs is 2. The van der Waals surface area contributed by atoms with Crippen LogP contribution >= 0.6 is 0 Å². The van der Waals surface area contributed by atoms with E-state index in [0.29, 0.717) is 17.7 Å². The molecule has 23 heavy (non-hydrogen) atoms. The Labute approximate surface area is 134 Å². The summed E-state index contributed by atoms with van der Waals surface area (Å²) in [6, 6.07) is 4.95. The molecule has 0 spiro atoms. The number of hydrogen-bond acceptors (Lipinski definition) is 4. The van der Waals surface area contributed by atoms with Crippen LogP contribution in [0, 0.1) is 12.8 Å². The van der Waals surface area contributed by atoms with Crippen LogP contribution in [0.3, 0.4) is 0 Å². The van der Waals surface area contributed by atoms with E-state index in [-0.39, 0.29) is 23.3 Å². The molecule has 122 valence electrons. The summed E-state index contributed by atoms with van der Waals surface area (Å²) >= 11 is 0. The number of aryl methyl sites for hydroxylation is 1. The van der Waals surface area contributed by atoms with Gasteiger partial charge in [-0.25, -0.2) is 4.79 Å². The standard InChI is InChI=1S/C17H20N2O4/c1-10-3-4-11(7-13(10)16(22)23-2)14(20)18-9-17-6-5-12(8-17)15(21)19-17/h3-4,7,12H,5-6,8-9H2,1-2H3,(H,18,20)(H,19,21). The Morgan fingerprint density at radius 3 is 2.83 bits per heavy atom. The maximum Gasteiger partial charge on any atom is 0.338 e. The lowest BCUT2D eigenvalue weighted by Gasteiger charge is -2.27. The highest BCUT2D eigenvalue weighted by molar-refractivity contribution is 5.98. The summed E-state index contributed by atoms with van der Waals surface area (Å²) in [7, 11) is 1.31. The molecule has 1 saturated heterocycles. The molecule has 2 unspecified atom stereocenters. The van der Waals surface area contributed by atoms with Crippen molar-refractivity contribution < 1.29 is 19.1 Å². The third kappa shape index (κ3) is 2.81. The maximum absolute atomic E-state index is 12.4. The fourth-order valence-corrected chi connectivity index (χ4v) is 3.48. The van der Waals surface area contributed by atoms with E-state index in [1.54, 1.807) is 25.1 Å². The third-order valence-electron chi connectivity index (χ3n) is 4.86. The molecular formula is C17H20N2O4. The van der Waals surface area contributed by atoms with Gasteiger partial charge in [0.25, 0.3) is 5.91 Å². The molecule has 2 atom stereocenters. The lowest BCUT2D eigenvalue weighted by molar-refractivity contribution is -0.124. The summed E-state index contributed by atoms with van der Waals surface area (Å²) in [5.74, 6) is -0.530. The molecule has 2 aliphatic rings. The molecule has 1 aliphatic carbocycles. The molecule has 2 N–H and O–H groups in total. The number of piperidine rings is 1. The van der Waals surface area contributed by atoms with Gasteiger partial charge < -0.3 is 15.4 Å². The van der Waals surface area contributed by atoms with Crippen molar-refractivity contribution in [1.82, 2.24) is 10.6 Å². The van der Waals surface area contributed by atoms with Gasteiger partial charge in [-0.05, 0) is 43.9 Å². The first-order valence-corrected chi connectivity index (χ1v) is 7.73. The summed E-state index contributed by atoms with van der Waals surface area (Å²) in [6.07, 6.45) is 2.57. The summed E-state index contributed by atoms with van der Waals surface area (Å²) in [4.78, 5) is 35.7. The van der Waals surface area contributed by atoms with Gasteiger partial charge in [-0.3, -0.25) is 9.59 Å². The topological polar surface area (TPSA) is 84.5 Å². The Balaban J connectivity index is 1.69. The first-order chi connectivity index (χ1) is 10.9. The van der Waals surface area contributed by atoms with Gasteiger partial charge in [-0.2, -0.15) is 0 Å². The highest BCUT2D eigenvalue weighted by atomic mass is 16.5. The van der Waals surface area contributed by atoms with Gasteiger partial charge in [0.05, 0.1) is 18.2 Å². The maximum atomic E-state index is 12.4. The minimum atomic E-state index is -0.461. The molecule has 0 aromatic heterocycles. The van der Waals surface area contributed by atoms with Crippen LogP contribution in [0.15, 0.2) is 18.2 Å². The van der Waals surface area contributed by atoms with E-state index < -0.39 is 5.97 Å². The van der Waals surface area contributed by atoms with Gasteiger partial charge in [-0.1, -0.05) is 6.07 Å². The van der Waals surface area contributed by atoms with Crippen LogP contribution < -0.4 is 10.6 Å². The van der Waals surface area contributed by atoms with E-state index >= 15 is 0 Å². The van der Waals surface area contributed by atoms with E-state index in [0.717, 1.165) is 24.8 Å². The number of ether oxygens (including phenoxy) is 1. The van der Waals surface area contributed by atoms with Crippen molar-refractivity contribution in [3.05, 3.63) is 34.9 Å². The first kappa shape index (κ1) is 15.5. The van der Waals surface area contributed by atoms with Crippen LogP contribution in [0.2, 0.25) is 0 Å². The molecule has 1 heterocycles. The second-order valence-electron chi connectivity index (χ2n) is 6.41. The third-order valence-corrected chi connectivity index (χ3v) is 4.86. The fraction of sp³-hybridized carbons (Fsp3) is 0.471. The normalized spacial score (nSPS) is 25.1. The summed E-state index contributed by atoms with van der Waals surface area (Å²) in [5, 5.41) is 5.87. The van der Waals surface area contributed by atoms with Crippen molar-refractivity contribution in [1.29, 1.82) is 0 Å². The Kier molecular flexibility index (Phi) is 3.83. The van der Waals surface area contributed by atoms with Crippen molar-refractivity contribution in [2.75, 3.05) is 13.7 Å². The molecule has 0 radical (unpaired) electrons. The number of esters is 1. The average Bonchev–Trinajstić information content (AvgIpc) is 3.10. The molecule has 1 aliphatic heterocycles. The highest BCUT2D eigenvalue weighted by Gasteiger charge is 2.49.